The van der Waals surface area contributed by atoms with E-state index in [1.807, 2.05) is 29.9 Å². The van der Waals surface area contributed by atoms with Crippen molar-refractivity contribution in [2.24, 2.45) is 7.05 Å². The van der Waals surface area contributed by atoms with Crippen molar-refractivity contribution >= 4 is 20.9 Å². The monoisotopic (exact) mass is 544 g/mol. The Morgan fingerprint density at radius 2 is 1.84 bits per heavy atom. The van der Waals surface area contributed by atoms with Gasteiger partial charge in [-0.3, -0.25) is 14.1 Å². The molecule has 38 heavy (non-hydrogen) atoms. The molecule has 1 aliphatic rings. The Bertz CT molecular complexity index is 1530. The highest BCUT2D eigenvalue weighted by atomic mass is 32.2. The fourth-order valence-corrected chi connectivity index (χ4v) is 6.07. The Balaban J connectivity index is 1.45. The summed E-state index contributed by atoms with van der Waals surface area (Å²) in [6.07, 6.45) is 8.85. The van der Waals surface area contributed by atoms with E-state index in [-0.39, 0.29) is 22.9 Å². The lowest BCUT2D eigenvalue weighted by Gasteiger charge is -2.41. The maximum absolute atomic E-state index is 12.5. The van der Waals surface area contributed by atoms with E-state index in [0.29, 0.717) is 24.3 Å². The van der Waals surface area contributed by atoms with E-state index in [2.05, 4.69) is 39.8 Å². The summed E-state index contributed by atoms with van der Waals surface area (Å²) in [5, 5.41) is 5.31. The molecule has 5 rings (SSSR count). The summed E-state index contributed by atoms with van der Waals surface area (Å²) in [4.78, 5) is 11.1. The van der Waals surface area contributed by atoms with Crippen LogP contribution in [-0.4, -0.2) is 74.4 Å². The van der Waals surface area contributed by atoms with Crippen LogP contribution in [0.25, 0.3) is 28.0 Å². The number of sulfone groups is 1. The van der Waals surface area contributed by atoms with Gasteiger partial charge in [-0.2, -0.15) is 13.9 Å². The molecule has 0 radical (unpaired) electrons. The Morgan fingerprint density at radius 3 is 2.47 bits per heavy atom. The highest BCUT2D eigenvalue weighted by molar-refractivity contribution is 7.91. The van der Waals surface area contributed by atoms with Gasteiger partial charge in [0.15, 0.2) is 9.84 Å². The van der Waals surface area contributed by atoms with Gasteiger partial charge in [0, 0.05) is 61.3 Å². The lowest BCUT2D eigenvalue weighted by molar-refractivity contribution is -0.0528. The number of aryl methyl sites for hydroxylation is 2. The lowest BCUT2D eigenvalue weighted by Crippen LogP contribution is -2.51. The van der Waals surface area contributed by atoms with Crippen LogP contribution in [0.2, 0.25) is 0 Å². The Hall–Kier alpha value is -3.38. The summed E-state index contributed by atoms with van der Waals surface area (Å²) in [7, 11) is -1.09. The molecule has 1 saturated heterocycles. The second kappa shape index (κ2) is 10.1. The van der Waals surface area contributed by atoms with E-state index >= 15 is 0 Å². The first-order valence-corrected chi connectivity index (χ1v) is 14.2. The van der Waals surface area contributed by atoms with Crippen molar-refractivity contribution in [3.8, 4) is 22.8 Å². The second-order valence-electron chi connectivity index (χ2n) is 10.2. The maximum Gasteiger partial charge on any atom is 0.388 e. The van der Waals surface area contributed by atoms with Crippen LogP contribution in [-0.2, 0) is 23.3 Å². The molecule has 1 aliphatic heterocycles. The number of pyridine rings is 2. The number of nitrogens with zero attached hydrogens (tertiary/aromatic N) is 6. The molecule has 0 aromatic carbocycles. The first-order valence-electron chi connectivity index (χ1n) is 12.4. The van der Waals surface area contributed by atoms with Crippen molar-refractivity contribution in [1.29, 1.82) is 0 Å². The van der Waals surface area contributed by atoms with E-state index < -0.39 is 16.4 Å². The fraction of sp³-hybridized carbons (Fsp3) is 0.423. The van der Waals surface area contributed by atoms with Crippen LogP contribution in [0.5, 0.6) is 5.88 Å². The minimum atomic E-state index is -2.94. The van der Waals surface area contributed by atoms with Gasteiger partial charge in [-0.05, 0) is 50.5 Å². The molecular formula is C26H30F2N6O3S. The van der Waals surface area contributed by atoms with Crippen LogP contribution in [0.1, 0.15) is 25.8 Å². The third kappa shape index (κ3) is 5.56. The number of alkyl halides is 2. The normalized spacial score (nSPS) is 16.4. The number of fused-ring (bicyclic) bond motifs is 1. The van der Waals surface area contributed by atoms with E-state index in [4.69, 9.17) is 4.98 Å². The molecule has 12 heteroatoms. The quantitative estimate of drug-likeness (QED) is 0.332. The second-order valence-corrected chi connectivity index (χ2v) is 12.5. The number of ether oxygens (including phenoxy) is 1. The van der Waals surface area contributed by atoms with E-state index in [0.717, 1.165) is 35.1 Å². The minimum absolute atomic E-state index is 0.153. The molecule has 0 aliphatic carbocycles. The van der Waals surface area contributed by atoms with Crippen molar-refractivity contribution in [2.75, 3.05) is 24.6 Å². The summed E-state index contributed by atoms with van der Waals surface area (Å²) in [6.45, 7) is 2.49. The fourth-order valence-electron chi connectivity index (χ4n) is 4.87. The molecule has 0 atom stereocenters. The molecule has 9 nitrogen and oxygen atoms in total. The Labute approximate surface area is 220 Å². The molecule has 4 aromatic heterocycles. The summed E-state index contributed by atoms with van der Waals surface area (Å²) >= 11 is 0. The largest absolute Gasteiger partial charge is 0.417 e. The van der Waals surface area contributed by atoms with Gasteiger partial charge in [0.25, 0.3) is 0 Å². The number of aromatic nitrogens is 5. The molecule has 202 valence electrons. The van der Waals surface area contributed by atoms with Gasteiger partial charge in [0.1, 0.15) is 5.65 Å². The molecule has 5 heterocycles. The van der Waals surface area contributed by atoms with Gasteiger partial charge in [0.2, 0.25) is 5.88 Å². The summed E-state index contributed by atoms with van der Waals surface area (Å²) in [5.74, 6) is 0.251. The van der Waals surface area contributed by atoms with Crippen LogP contribution >= 0.6 is 0 Å². The van der Waals surface area contributed by atoms with Gasteiger partial charge in [-0.25, -0.2) is 18.4 Å². The number of rotatable bonds is 8. The van der Waals surface area contributed by atoms with Crippen molar-refractivity contribution < 1.29 is 21.9 Å². The van der Waals surface area contributed by atoms with Crippen molar-refractivity contribution in [1.82, 2.24) is 29.2 Å². The highest BCUT2D eigenvalue weighted by Crippen LogP contribution is 2.31. The highest BCUT2D eigenvalue weighted by Gasteiger charge is 2.32. The molecule has 0 amide bonds. The molecule has 0 unspecified atom stereocenters. The predicted molar refractivity (Wildman–Crippen MR) is 140 cm³/mol. The van der Waals surface area contributed by atoms with Gasteiger partial charge in [0.05, 0.1) is 29.1 Å². The zero-order valence-electron chi connectivity index (χ0n) is 21.5. The zero-order chi connectivity index (χ0) is 27.1. The van der Waals surface area contributed by atoms with Gasteiger partial charge >= 0.3 is 6.61 Å². The number of hydrogen-bond donors (Lipinski definition) is 0. The number of halogens is 2. The molecular weight excluding hydrogens is 514 g/mol. The minimum Gasteiger partial charge on any atom is -0.417 e. The van der Waals surface area contributed by atoms with Crippen LogP contribution in [0, 0.1) is 0 Å². The molecule has 0 saturated carbocycles. The Kier molecular flexibility index (Phi) is 6.95. The van der Waals surface area contributed by atoms with Gasteiger partial charge < -0.3 is 4.74 Å². The van der Waals surface area contributed by atoms with Crippen molar-refractivity contribution in [3.05, 3.63) is 54.6 Å². The average molecular weight is 545 g/mol. The third-order valence-electron chi connectivity index (χ3n) is 7.15. The number of hydrogen-bond acceptors (Lipinski definition) is 7. The topological polar surface area (TPSA) is 95.1 Å². The van der Waals surface area contributed by atoms with Gasteiger partial charge in [-0.15, -0.1) is 0 Å². The molecule has 0 spiro atoms. The predicted octanol–water partition coefficient (Wildman–Crippen LogP) is 3.86. The smallest absolute Gasteiger partial charge is 0.388 e. The molecule has 1 fully saturated rings. The first kappa shape index (κ1) is 26.2. The van der Waals surface area contributed by atoms with Crippen molar-refractivity contribution in [3.63, 3.8) is 0 Å². The zero-order valence-corrected chi connectivity index (χ0v) is 22.3. The lowest BCUT2D eigenvalue weighted by atomic mass is 9.93. The van der Waals surface area contributed by atoms with Crippen LogP contribution in [0.3, 0.4) is 0 Å². The van der Waals surface area contributed by atoms with E-state index in [1.165, 1.54) is 12.3 Å². The summed E-state index contributed by atoms with van der Waals surface area (Å²) in [6, 6.07) is 6.96. The van der Waals surface area contributed by atoms with E-state index in [1.54, 1.807) is 16.9 Å². The van der Waals surface area contributed by atoms with Crippen LogP contribution in [0.15, 0.2) is 49.1 Å². The summed E-state index contributed by atoms with van der Waals surface area (Å²) in [5.41, 5.74) is 3.90. The van der Waals surface area contributed by atoms with Crippen LogP contribution < -0.4 is 4.74 Å². The maximum atomic E-state index is 12.5. The molecule has 0 bridgehead atoms. The SMILES string of the molecule is Cn1cc(-n2cc(CCC(C)(C)N3CCS(=O)(=O)CC3)c3ccc(-c4ccc(OC(F)F)nc4)nc32)cn1. The first-order chi connectivity index (χ1) is 18.0. The third-order valence-corrected chi connectivity index (χ3v) is 8.76. The van der Waals surface area contributed by atoms with Crippen molar-refractivity contribution in [2.45, 2.75) is 38.8 Å². The average Bonchev–Trinajstić information content (AvgIpc) is 3.45. The standard InChI is InChI=1S/C26H30F2N6O3S/c1-26(2,33-10-12-38(35,36)13-11-33)9-8-19-16-34(20-15-30-32(3)17-20)24-21(19)5-6-22(31-24)18-4-7-23(29-14-18)37-25(27)28/h4-7,14-17,25H,8-13H2,1-3H3. The van der Waals surface area contributed by atoms with Crippen LogP contribution in [0.4, 0.5) is 8.78 Å². The Morgan fingerprint density at radius 1 is 1.08 bits per heavy atom. The summed E-state index contributed by atoms with van der Waals surface area (Å²) < 4.78 is 56.9. The van der Waals surface area contributed by atoms with Gasteiger partial charge in [-0.1, -0.05) is 0 Å². The van der Waals surface area contributed by atoms with E-state index in [9.17, 15) is 17.2 Å². The molecule has 4 aromatic rings. The molecule has 0 N–H and O–H groups in total.